The Kier molecular flexibility index (Phi) is 18.4. The molecule has 2 N–H and O–H groups in total. The second-order valence-electron chi connectivity index (χ2n) is 17.6. The number of hydrogen-bond acceptors (Lipinski definition) is 18. The Balaban J connectivity index is 0.943. The van der Waals surface area contributed by atoms with Gasteiger partial charge in [0.05, 0.1) is 69.4 Å². The zero-order valence-corrected chi connectivity index (χ0v) is 44.1. The molecule has 0 amide bonds. The van der Waals surface area contributed by atoms with E-state index in [4.69, 9.17) is 48.6 Å². The largest absolute Gasteiger partial charge is 0.494 e. The van der Waals surface area contributed by atoms with Gasteiger partial charge in [0.2, 0.25) is 10.3 Å². The number of ether oxygens (including phenoxy) is 6. The number of nitrogens with zero attached hydrogens (tertiary/aromatic N) is 4. The molecular weight excluding hydrogens is 1030 g/mol. The summed E-state index contributed by atoms with van der Waals surface area (Å²) in [7, 11) is 0. The third-order valence-electron chi connectivity index (χ3n) is 12.2. The lowest BCUT2D eigenvalue weighted by molar-refractivity contribution is -0.138. The van der Waals surface area contributed by atoms with E-state index in [-0.39, 0.29) is 11.5 Å². The Morgan fingerprint density at radius 2 is 0.846 bits per heavy atom. The highest BCUT2D eigenvalue weighted by molar-refractivity contribution is 7.22. The van der Waals surface area contributed by atoms with Crippen LogP contribution in [0.4, 0.5) is 10.3 Å². The topological polar surface area (TPSA) is 198 Å². The lowest BCUT2D eigenvalue weighted by atomic mass is 9.82. The van der Waals surface area contributed by atoms with Crippen LogP contribution < -0.4 is 29.8 Å². The second-order valence-corrected chi connectivity index (χ2v) is 19.7. The maximum absolute atomic E-state index is 13.7. The lowest BCUT2D eigenvalue weighted by Gasteiger charge is -2.24. The molecular formula is C60H54N6O10S2. The molecule has 0 atom stereocenters. The Labute approximate surface area is 458 Å². The summed E-state index contributed by atoms with van der Waals surface area (Å²) in [5, 5.41) is 11.1. The van der Waals surface area contributed by atoms with Gasteiger partial charge in [-0.2, -0.15) is 10.2 Å². The van der Waals surface area contributed by atoms with Gasteiger partial charge < -0.3 is 28.4 Å². The maximum Gasteiger partial charge on any atom is 0.343 e. The highest BCUT2D eigenvalue weighted by Crippen LogP contribution is 2.36. The van der Waals surface area contributed by atoms with Gasteiger partial charge in [-0.1, -0.05) is 60.1 Å². The minimum atomic E-state index is -0.574. The number of aromatic nitrogens is 2. The molecule has 78 heavy (non-hydrogen) atoms. The molecule has 16 nitrogen and oxygen atoms in total. The summed E-state index contributed by atoms with van der Waals surface area (Å²) in [4.78, 5) is 59.4. The van der Waals surface area contributed by atoms with Crippen LogP contribution in [-0.2, 0) is 19.1 Å². The number of hydrogen-bond donors (Lipinski definition) is 2. The molecule has 0 radical (unpaired) electrons. The van der Waals surface area contributed by atoms with Crippen LogP contribution in [-0.4, -0.2) is 71.7 Å². The van der Waals surface area contributed by atoms with Crippen molar-refractivity contribution in [2.75, 3.05) is 37.3 Å². The molecule has 0 bridgehead atoms. The summed E-state index contributed by atoms with van der Waals surface area (Å²) in [5.41, 5.74) is 12.1. The molecule has 8 aromatic rings. The number of para-hydroxylation sites is 2. The fraction of sp³-hybridized carbons (Fsp3) is 0.200. The van der Waals surface area contributed by atoms with Crippen LogP contribution in [0.1, 0.15) is 94.3 Å². The smallest absolute Gasteiger partial charge is 0.343 e. The number of unbranched alkanes of at least 4 members (excludes halogenated alkanes) is 6. The number of esters is 4. The fourth-order valence-corrected chi connectivity index (χ4v) is 9.84. The first-order valence-corrected chi connectivity index (χ1v) is 27.0. The minimum absolute atomic E-state index is 0.260. The predicted octanol–water partition coefficient (Wildman–Crippen LogP) is 12.7. The van der Waals surface area contributed by atoms with E-state index in [1.54, 1.807) is 72.8 Å². The second kappa shape index (κ2) is 26.7. The van der Waals surface area contributed by atoms with E-state index in [2.05, 4.69) is 24.0 Å². The molecule has 1 aliphatic carbocycles. The number of rotatable bonds is 26. The number of benzene rings is 6. The highest BCUT2D eigenvalue weighted by Gasteiger charge is 2.30. The Morgan fingerprint density at radius 3 is 1.24 bits per heavy atom. The number of hydrazone groups is 2. The van der Waals surface area contributed by atoms with Gasteiger partial charge in [-0.05, 0) is 161 Å². The summed E-state index contributed by atoms with van der Waals surface area (Å²) < 4.78 is 35.9. The Hall–Kier alpha value is -9.00. The van der Waals surface area contributed by atoms with E-state index < -0.39 is 23.9 Å². The standard InChI is InChI=1S/C60H54N6O10S2/c1-3-53(67)73-35-15-7-5-13-33-71-41-25-21-39(22-26-41)57(69)75-43-29-31-45-47(37-43)55(63-65-59-61-49-17-9-11-19-51(49)77-59)46-32-30-44(38-48(46)56(45)64-66-60-62-50-18-10-12-20-52(50)78-60)76-58(70)40-23-27-42(28-24-40)72-34-14-6-8-16-36-74-54(68)4-2/h3-4,9-12,17-32,37-38H,1-2,5-8,13-16,33-36H2,(H,61,65)(H,62,66)/b63-55+,64-56+. The molecule has 0 spiro atoms. The van der Waals surface area contributed by atoms with Gasteiger partial charge in [0.25, 0.3) is 0 Å². The number of thiazole rings is 2. The first-order chi connectivity index (χ1) is 38.2. The van der Waals surface area contributed by atoms with E-state index in [1.807, 2.05) is 60.7 Å². The van der Waals surface area contributed by atoms with Crippen LogP contribution in [0.3, 0.4) is 0 Å². The van der Waals surface area contributed by atoms with Crippen molar-refractivity contribution in [2.24, 2.45) is 10.2 Å². The average Bonchev–Trinajstić information content (AvgIpc) is 4.24. The Bertz CT molecular complexity index is 3220. The van der Waals surface area contributed by atoms with Gasteiger partial charge in [0.1, 0.15) is 23.0 Å². The summed E-state index contributed by atoms with van der Waals surface area (Å²) >= 11 is 2.90. The first kappa shape index (κ1) is 53.8. The SMILES string of the molecule is C=CC(=O)OCCCCCCOc1ccc(C(=O)Oc2ccc3c(c2)/C(=N/Nc2nc4ccccc4s2)c2ccc(OC(=O)c4ccc(OCCCCCCOC(=O)C=C)cc4)cc2/C3=N/Nc2nc3ccccc3s2)cc1. The van der Waals surface area contributed by atoms with Crippen LogP contribution in [0.25, 0.3) is 20.4 Å². The highest BCUT2D eigenvalue weighted by atomic mass is 32.1. The van der Waals surface area contributed by atoms with Crippen molar-refractivity contribution in [3.8, 4) is 23.0 Å². The van der Waals surface area contributed by atoms with Crippen LogP contribution in [0.5, 0.6) is 23.0 Å². The molecule has 0 saturated carbocycles. The molecule has 9 rings (SSSR count). The fourth-order valence-electron chi connectivity index (χ4n) is 8.22. The number of anilines is 2. The number of fused-ring (bicyclic) bond motifs is 4. The minimum Gasteiger partial charge on any atom is -0.494 e. The third-order valence-corrected chi connectivity index (χ3v) is 14.0. The van der Waals surface area contributed by atoms with Gasteiger partial charge in [-0.25, -0.2) is 29.1 Å². The van der Waals surface area contributed by atoms with Crippen molar-refractivity contribution in [1.82, 2.24) is 9.97 Å². The lowest BCUT2D eigenvalue weighted by Crippen LogP contribution is -2.24. The average molecular weight is 1080 g/mol. The third kappa shape index (κ3) is 14.3. The number of carbonyl (C=O) groups is 4. The zero-order valence-electron chi connectivity index (χ0n) is 42.4. The summed E-state index contributed by atoms with van der Waals surface area (Å²) in [6.07, 6.45) is 9.09. The van der Waals surface area contributed by atoms with Crippen LogP contribution in [0.2, 0.25) is 0 Å². The summed E-state index contributed by atoms with van der Waals surface area (Å²) in [5.74, 6) is -0.232. The van der Waals surface area contributed by atoms with Crippen molar-refractivity contribution >= 4 is 88.7 Å². The van der Waals surface area contributed by atoms with Crippen LogP contribution >= 0.6 is 22.7 Å². The van der Waals surface area contributed by atoms with E-state index in [0.29, 0.717) is 93.0 Å². The van der Waals surface area contributed by atoms with Crippen molar-refractivity contribution in [3.63, 3.8) is 0 Å². The van der Waals surface area contributed by atoms with Crippen molar-refractivity contribution in [1.29, 1.82) is 0 Å². The molecule has 18 heteroatoms. The molecule has 2 heterocycles. The monoisotopic (exact) mass is 1080 g/mol. The molecule has 0 unspecified atom stereocenters. The van der Waals surface area contributed by atoms with E-state index in [9.17, 15) is 19.2 Å². The zero-order chi connectivity index (χ0) is 54.1. The van der Waals surface area contributed by atoms with E-state index >= 15 is 0 Å². The van der Waals surface area contributed by atoms with Crippen molar-refractivity contribution in [3.05, 3.63) is 192 Å². The van der Waals surface area contributed by atoms with Crippen molar-refractivity contribution in [2.45, 2.75) is 51.4 Å². The van der Waals surface area contributed by atoms with Gasteiger partial charge in [-0.15, -0.1) is 0 Å². The molecule has 396 valence electrons. The molecule has 0 aliphatic heterocycles. The van der Waals surface area contributed by atoms with E-state index in [0.717, 1.165) is 84.0 Å². The quantitative estimate of drug-likeness (QED) is 0.0171. The normalized spacial score (nSPS) is 12.6. The summed E-state index contributed by atoms with van der Waals surface area (Å²) in [6.45, 7) is 8.52. The van der Waals surface area contributed by atoms with Gasteiger partial charge in [0.15, 0.2) is 0 Å². The van der Waals surface area contributed by atoms with Gasteiger partial charge >= 0.3 is 23.9 Å². The molecule has 0 fully saturated rings. The van der Waals surface area contributed by atoms with Gasteiger partial charge in [0, 0.05) is 34.4 Å². The van der Waals surface area contributed by atoms with Crippen molar-refractivity contribution < 1.29 is 47.6 Å². The molecule has 6 aromatic carbocycles. The van der Waals surface area contributed by atoms with E-state index in [1.165, 1.54) is 22.7 Å². The molecule has 0 saturated heterocycles. The number of nitrogens with one attached hydrogen (secondary N) is 2. The predicted molar refractivity (Wildman–Crippen MR) is 304 cm³/mol. The van der Waals surface area contributed by atoms with Crippen LogP contribution in [0, 0.1) is 0 Å². The number of carbonyl (C=O) groups excluding carboxylic acids is 4. The van der Waals surface area contributed by atoms with Gasteiger partial charge in [-0.3, -0.25) is 10.9 Å². The molecule has 2 aromatic heterocycles. The maximum atomic E-state index is 13.7. The van der Waals surface area contributed by atoms with Crippen LogP contribution in [0.15, 0.2) is 169 Å². The Morgan fingerprint density at radius 1 is 0.462 bits per heavy atom. The molecule has 1 aliphatic rings. The summed E-state index contributed by atoms with van der Waals surface area (Å²) in [6, 6.07) is 39.6. The first-order valence-electron chi connectivity index (χ1n) is 25.4.